The van der Waals surface area contributed by atoms with Crippen molar-refractivity contribution in [3.8, 4) is 17.6 Å². The summed E-state index contributed by atoms with van der Waals surface area (Å²) in [5.74, 6) is 5.48. The number of aliphatic carboxylic acids is 1. The Bertz CT molecular complexity index is 1100. The summed E-state index contributed by atoms with van der Waals surface area (Å²) >= 11 is 0. The van der Waals surface area contributed by atoms with Gasteiger partial charge in [0.15, 0.2) is 0 Å². The van der Waals surface area contributed by atoms with E-state index < -0.39 is 5.97 Å². The Morgan fingerprint density at radius 3 is 2.42 bits per heavy atom. The maximum atomic E-state index is 11.1. The monoisotopic (exact) mass is 442 g/mol. The van der Waals surface area contributed by atoms with E-state index in [1.54, 1.807) is 6.92 Å². The highest BCUT2D eigenvalue weighted by molar-refractivity contribution is 5.69. The van der Waals surface area contributed by atoms with Crippen molar-refractivity contribution in [1.29, 1.82) is 0 Å². The number of carbonyl (C=O) groups is 1. The fraction of sp³-hybridized carbons (Fsp3) is 0.367. The highest BCUT2D eigenvalue weighted by Crippen LogP contribution is 2.32. The Balaban J connectivity index is 1.69. The molecule has 0 aromatic heterocycles. The van der Waals surface area contributed by atoms with E-state index in [0.717, 1.165) is 30.6 Å². The smallest absolute Gasteiger partial charge is 0.304 e. The van der Waals surface area contributed by atoms with Gasteiger partial charge in [0.2, 0.25) is 0 Å². The lowest BCUT2D eigenvalue weighted by atomic mass is 9.96. The normalized spacial score (nSPS) is 16.6. The number of allylic oxidation sites excluding steroid dienone is 2. The summed E-state index contributed by atoms with van der Waals surface area (Å²) in [6.07, 6.45) is 7.46. The molecule has 1 unspecified atom stereocenters. The van der Waals surface area contributed by atoms with Crippen LogP contribution in [0.15, 0.2) is 59.7 Å². The third-order valence-electron chi connectivity index (χ3n) is 6.34. The molecule has 0 bridgehead atoms. The van der Waals surface area contributed by atoms with Crippen LogP contribution >= 0.6 is 0 Å². The van der Waals surface area contributed by atoms with Crippen LogP contribution in [-0.2, 0) is 11.2 Å². The lowest BCUT2D eigenvalue weighted by Gasteiger charge is -2.17. The predicted molar refractivity (Wildman–Crippen MR) is 135 cm³/mol. The van der Waals surface area contributed by atoms with Gasteiger partial charge in [-0.1, -0.05) is 53.5 Å². The average molecular weight is 443 g/mol. The standard InChI is InChI=1S/C30H34O3/c1-6-8-25(19-30(31)32)24-12-14-26(15-13-24)33-29-16-11-21(3)28(29)10-7-9-27-22(4)17-20(2)18-23(27)5/h7,10,12-15,17-18,25,29H,9,11,16,19H2,1-5H3,(H,31,32)/b10-7-/t25-,29?/m1/s1. The molecule has 0 fully saturated rings. The predicted octanol–water partition coefficient (Wildman–Crippen LogP) is 6.85. The molecule has 0 saturated heterocycles. The van der Waals surface area contributed by atoms with E-state index >= 15 is 0 Å². The van der Waals surface area contributed by atoms with Crippen molar-refractivity contribution in [3.05, 3.63) is 87.5 Å². The molecule has 2 aromatic rings. The first-order valence-electron chi connectivity index (χ1n) is 11.6. The molecule has 2 aromatic carbocycles. The van der Waals surface area contributed by atoms with Crippen LogP contribution in [0.25, 0.3) is 0 Å². The Labute approximate surface area is 198 Å². The number of carboxylic acid groups (broad SMARTS) is 1. The van der Waals surface area contributed by atoms with Gasteiger partial charge in [-0.05, 0) is 93.8 Å². The second kappa shape index (κ2) is 11.1. The molecular formula is C30H34O3. The molecule has 0 aliphatic heterocycles. The zero-order valence-corrected chi connectivity index (χ0v) is 20.4. The third-order valence-corrected chi connectivity index (χ3v) is 6.34. The van der Waals surface area contributed by atoms with Gasteiger partial charge in [-0.2, -0.15) is 0 Å². The molecule has 3 rings (SSSR count). The highest BCUT2D eigenvalue weighted by atomic mass is 16.5. The number of benzene rings is 2. The number of rotatable bonds is 8. The van der Waals surface area contributed by atoms with E-state index in [1.165, 1.54) is 33.4 Å². The molecule has 33 heavy (non-hydrogen) atoms. The average Bonchev–Trinajstić information content (AvgIpc) is 3.09. The van der Waals surface area contributed by atoms with E-state index in [1.807, 2.05) is 24.3 Å². The van der Waals surface area contributed by atoms with Gasteiger partial charge in [0, 0.05) is 0 Å². The molecule has 3 heteroatoms. The molecular weight excluding hydrogens is 408 g/mol. The first-order chi connectivity index (χ1) is 15.8. The molecule has 0 radical (unpaired) electrons. The molecule has 2 atom stereocenters. The van der Waals surface area contributed by atoms with Gasteiger partial charge in [0.1, 0.15) is 11.9 Å². The van der Waals surface area contributed by atoms with Crippen LogP contribution in [0.1, 0.15) is 66.8 Å². The Morgan fingerprint density at radius 2 is 1.82 bits per heavy atom. The van der Waals surface area contributed by atoms with Crippen molar-refractivity contribution < 1.29 is 14.6 Å². The molecule has 3 nitrogen and oxygen atoms in total. The fourth-order valence-corrected chi connectivity index (χ4v) is 4.67. The largest absolute Gasteiger partial charge is 0.486 e. The molecule has 0 spiro atoms. The van der Waals surface area contributed by atoms with Crippen molar-refractivity contribution in [3.63, 3.8) is 0 Å². The van der Waals surface area contributed by atoms with Crippen LogP contribution in [0.2, 0.25) is 0 Å². The number of hydrogen-bond acceptors (Lipinski definition) is 2. The molecule has 0 amide bonds. The molecule has 172 valence electrons. The number of carboxylic acids is 1. The van der Waals surface area contributed by atoms with Crippen molar-refractivity contribution >= 4 is 5.97 Å². The van der Waals surface area contributed by atoms with E-state index in [0.29, 0.717) is 0 Å². The first kappa shape index (κ1) is 24.4. The van der Waals surface area contributed by atoms with Crippen molar-refractivity contribution in [2.45, 2.75) is 72.3 Å². The van der Waals surface area contributed by atoms with Gasteiger partial charge < -0.3 is 9.84 Å². The molecule has 1 aliphatic carbocycles. The van der Waals surface area contributed by atoms with Gasteiger partial charge in [-0.3, -0.25) is 4.79 Å². The number of hydrogen-bond donors (Lipinski definition) is 1. The van der Waals surface area contributed by atoms with Gasteiger partial charge >= 0.3 is 5.97 Å². The van der Waals surface area contributed by atoms with Crippen molar-refractivity contribution in [2.75, 3.05) is 0 Å². The summed E-state index contributed by atoms with van der Waals surface area (Å²) < 4.78 is 6.34. The van der Waals surface area contributed by atoms with E-state index in [4.69, 9.17) is 9.84 Å². The van der Waals surface area contributed by atoms with E-state index in [9.17, 15) is 4.79 Å². The Morgan fingerprint density at radius 1 is 1.15 bits per heavy atom. The summed E-state index contributed by atoms with van der Waals surface area (Å²) in [4.78, 5) is 11.1. The van der Waals surface area contributed by atoms with Crippen LogP contribution in [0, 0.1) is 32.6 Å². The van der Waals surface area contributed by atoms with Gasteiger partial charge in [0.25, 0.3) is 0 Å². The zero-order chi connectivity index (χ0) is 24.0. The molecule has 0 saturated carbocycles. The van der Waals surface area contributed by atoms with Crippen LogP contribution in [-0.4, -0.2) is 17.2 Å². The first-order valence-corrected chi connectivity index (χ1v) is 11.6. The summed E-state index contributed by atoms with van der Waals surface area (Å²) in [5.41, 5.74) is 8.94. The molecule has 0 heterocycles. The maximum absolute atomic E-state index is 11.1. The van der Waals surface area contributed by atoms with Crippen LogP contribution in [0.4, 0.5) is 0 Å². The quantitative estimate of drug-likeness (QED) is 0.455. The Kier molecular flexibility index (Phi) is 8.17. The lowest BCUT2D eigenvalue weighted by Crippen LogP contribution is -2.15. The van der Waals surface area contributed by atoms with Crippen molar-refractivity contribution in [1.82, 2.24) is 0 Å². The van der Waals surface area contributed by atoms with Crippen LogP contribution < -0.4 is 4.74 Å². The third kappa shape index (κ3) is 6.39. The van der Waals surface area contributed by atoms with Gasteiger partial charge in [-0.25, -0.2) is 0 Å². The summed E-state index contributed by atoms with van der Waals surface area (Å²) in [6.45, 7) is 10.4. The minimum absolute atomic E-state index is 0.000472. The topological polar surface area (TPSA) is 46.5 Å². The SMILES string of the molecule is CC#C[C@H](CC(=O)O)c1ccc(OC2CCC(C)=C2/C=C\Cc2c(C)cc(C)cc2C)cc1. The highest BCUT2D eigenvalue weighted by Gasteiger charge is 2.23. The van der Waals surface area contributed by atoms with E-state index in [2.05, 4.69) is 63.8 Å². The minimum atomic E-state index is -0.845. The Hall–Kier alpha value is -3.25. The molecule has 1 aliphatic rings. The second-order valence-electron chi connectivity index (χ2n) is 8.98. The zero-order valence-electron chi connectivity index (χ0n) is 20.4. The maximum Gasteiger partial charge on any atom is 0.304 e. The summed E-state index contributed by atoms with van der Waals surface area (Å²) in [7, 11) is 0. The van der Waals surface area contributed by atoms with Crippen LogP contribution in [0.3, 0.4) is 0 Å². The van der Waals surface area contributed by atoms with E-state index in [-0.39, 0.29) is 18.4 Å². The van der Waals surface area contributed by atoms with Gasteiger partial charge in [-0.15, -0.1) is 5.92 Å². The fourth-order valence-electron chi connectivity index (χ4n) is 4.67. The van der Waals surface area contributed by atoms with Crippen LogP contribution in [0.5, 0.6) is 5.75 Å². The summed E-state index contributed by atoms with van der Waals surface area (Å²) in [5, 5.41) is 9.15. The number of aryl methyl sites for hydroxylation is 3. The molecule has 1 N–H and O–H groups in total. The second-order valence-corrected chi connectivity index (χ2v) is 8.98. The number of ether oxygens (including phenoxy) is 1. The summed E-state index contributed by atoms with van der Waals surface area (Å²) in [6, 6.07) is 12.2. The van der Waals surface area contributed by atoms with Gasteiger partial charge in [0.05, 0.1) is 12.3 Å². The lowest BCUT2D eigenvalue weighted by molar-refractivity contribution is -0.137. The minimum Gasteiger partial charge on any atom is -0.486 e. The van der Waals surface area contributed by atoms with Crippen molar-refractivity contribution in [2.24, 2.45) is 0 Å².